The molecule has 0 unspecified atom stereocenters. The number of esters is 2. The molecule has 1 aromatic rings. The number of aliphatic hydroxyl groups is 2. The Morgan fingerprint density at radius 3 is 1.43 bits per heavy atom. The summed E-state index contributed by atoms with van der Waals surface area (Å²) >= 11 is 0. The second-order valence-corrected chi connectivity index (χ2v) is 4.39. The molecular formula is C17H28O6. The molecule has 2 N–H and O–H groups in total. The van der Waals surface area contributed by atoms with E-state index in [1.54, 1.807) is 12.1 Å². The van der Waals surface area contributed by atoms with Gasteiger partial charge in [0, 0.05) is 13.2 Å². The highest BCUT2D eigenvalue weighted by Crippen LogP contribution is 2.10. The number of hydrogen-bond donors (Lipinski definition) is 2. The van der Waals surface area contributed by atoms with Gasteiger partial charge in [0.05, 0.1) is 25.3 Å². The molecule has 1 rings (SSSR count). The molecule has 0 aliphatic heterocycles. The molecule has 0 atom stereocenters. The van der Waals surface area contributed by atoms with E-state index in [9.17, 15) is 9.59 Å². The maximum Gasteiger partial charge on any atom is 0.338 e. The maximum atomic E-state index is 11.2. The number of ether oxygens (including phenoxy) is 2. The zero-order valence-corrected chi connectivity index (χ0v) is 13.1. The molecule has 0 aliphatic carbocycles. The van der Waals surface area contributed by atoms with E-state index in [4.69, 9.17) is 10.2 Å². The number of aliphatic hydroxyl groups excluding tert-OH is 2. The lowest BCUT2D eigenvalue weighted by atomic mass is 10.1. The predicted octanol–water partition coefficient (Wildman–Crippen LogP) is 2.43. The lowest BCUT2D eigenvalue weighted by Crippen LogP contribution is -2.11. The lowest BCUT2D eigenvalue weighted by Gasteiger charge is -2.04. The van der Waals surface area contributed by atoms with Crippen molar-refractivity contribution < 1.29 is 29.3 Å². The summed E-state index contributed by atoms with van der Waals surface area (Å²) in [6.45, 7) is 0.566. The Kier molecular flexibility index (Phi) is 15.2. The van der Waals surface area contributed by atoms with Crippen molar-refractivity contribution in [2.45, 2.75) is 33.1 Å². The summed E-state index contributed by atoms with van der Waals surface area (Å²) in [5.41, 5.74) is 0.420. The largest absolute Gasteiger partial charge is 0.465 e. The van der Waals surface area contributed by atoms with Crippen LogP contribution in [-0.4, -0.2) is 49.6 Å². The summed E-state index contributed by atoms with van der Waals surface area (Å²) in [4.78, 5) is 22.4. The first kappa shape index (κ1) is 23.3. The van der Waals surface area contributed by atoms with Gasteiger partial charge in [0.2, 0.25) is 0 Å². The van der Waals surface area contributed by atoms with Gasteiger partial charge < -0.3 is 19.7 Å². The zero-order chi connectivity index (χ0) is 16.8. The predicted molar refractivity (Wildman–Crippen MR) is 88.5 cm³/mol. The number of benzene rings is 1. The van der Waals surface area contributed by atoms with Crippen LogP contribution >= 0.6 is 0 Å². The minimum atomic E-state index is -0.550. The molecule has 0 aliphatic rings. The molecule has 0 spiro atoms. The van der Waals surface area contributed by atoms with E-state index < -0.39 is 11.9 Å². The summed E-state index contributed by atoms with van der Waals surface area (Å²) in [7, 11) is 2.52. The van der Waals surface area contributed by atoms with E-state index in [0.717, 1.165) is 25.7 Å². The third kappa shape index (κ3) is 9.65. The van der Waals surface area contributed by atoms with Gasteiger partial charge >= 0.3 is 11.9 Å². The van der Waals surface area contributed by atoms with Crippen LogP contribution in [-0.2, 0) is 9.47 Å². The summed E-state index contributed by atoms with van der Waals surface area (Å²) < 4.78 is 9.05. The van der Waals surface area contributed by atoms with Crippen LogP contribution in [0.15, 0.2) is 24.3 Å². The Morgan fingerprint density at radius 2 is 1.17 bits per heavy atom. The fraction of sp³-hybridized carbons (Fsp3) is 0.529. The fourth-order valence-electron chi connectivity index (χ4n) is 1.64. The molecule has 0 heterocycles. The van der Waals surface area contributed by atoms with Crippen molar-refractivity contribution >= 4 is 11.9 Å². The van der Waals surface area contributed by atoms with Crippen LogP contribution in [0, 0.1) is 0 Å². The van der Waals surface area contributed by atoms with Gasteiger partial charge in [0.15, 0.2) is 0 Å². The van der Waals surface area contributed by atoms with Crippen molar-refractivity contribution in [1.29, 1.82) is 0 Å². The highest BCUT2D eigenvalue weighted by atomic mass is 16.5. The number of methoxy groups -OCH3 is 2. The molecule has 0 saturated heterocycles. The monoisotopic (exact) mass is 328 g/mol. The smallest absolute Gasteiger partial charge is 0.338 e. The van der Waals surface area contributed by atoms with Crippen LogP contribution in [0.1, 0.15) is 53.8 Å². The second-order valence-electron chi connectivity index (χ2n) is 4.39. The zero-order valence-electron chi connectivity index (χ0n) is 13.1. The number of carbonyl (C=O) groups is 2. The molecule has 0 bridgehead atoms. The summed E-state index contributed by atoms with van der Waals surface area (Å²) in [6.07, 6.45) is 3.83. The Balaban J connectivity index is 0. The van der Waals surface area contributed by atoms with Gasteiger partial charge in [0.25, 0.3) is 0 Å². The SMILES string of the molecule is C.COC(=O)c1ccccc1C(=O)OC.OCCCCCCO. The van der Waals surface area contributed by atoms with Crippen LogP contribution < -0.4 is 0 Å². The molecule has 6 nitrogen and oxygen atoms in total. The first-order valence-corrected chi connectivity index (χ1v) is 7.09. The molecular weight excluding hydrogens is 300 g/mol. The topological polar surface area (TPSA) is 93.1 Å². The Morgan fingerprint density at radius 1 is 0.826 bits per heavy atom. The summed E-state index contributed by atoms with van der Waals surface area (Å²) in [6, 6.07) is 6.33. The molecule has 0 amide bonds. The Labute approximate surface area is 138 Å². The minimum Gasteiger partial charge on any atom is -0.465 e. The van der Waals surface area contributed by atoms with Crippen molar-refractivity contribution in [1.82, 2.24) is 0 Å². The van der Waals surface area contributed by atoms with Crippen LogP contribution in [0.4, 0.5) is 0 Å². The van der Waals surface area contributed by atoms with Crippen LogP contribution in [0.25, 0.3) is 0 Å². The summed E-state index contributed by atoms with van der Waals surface area (Å²) in [5.74, 6) is -1.10. The average Bonchev–Trinajstić information content (AvgIpc) is 2.58. The quantitative estimate of drug-likeness (QED) is 0.590. The van der Waals surface area contributed by atoms with E-state index in [2.05, 4.69) is 9.47 Å². The Bertz CT molecular complexity index is 403. The van der Waals surface area contributed by atoms with E-state index in [-0.39, 0.29) is 31.8 Å². The maximum absolute atomic E-state index is 11.2. The van der Waals surface area contributed by atoms with E-state index >= 15 is 0 Å². The molecule has 132 valence electrons. The van der Waals surface area contributed by atoms with Gasteiger partial charge in [0.1, 0.15) is 0 Å². The minimum absolute atomic E-state index is 0. The number of carbonyl (C=O) groups excluding carboxylic acids is 2. The van der Waals surface area contributed by atoms with Gasteiger partial charge in [-0.05, 0) is 25.0 Å². The molecule has 0 radical (unpaired) electrons. The van der Waals surface area contributed by atoms with Crippen molar-refractivity contribution in [2.24, 2.45) is 0 Å². The summed E-state index contributed by atoms with van der Waals surface area (Å²) in [5, 5.41) is 16.6. The van der Waals surface area contributed by atoms with Gasteiger partial charge in [-0.1, -0.05) is 32.4 Å². The van der Waals surface area contributed by atoms with Crippen molar-refractivity contribution in [3.8, 4) is 0 Å². The normalized spacial score (nSPS) is 9.04. The van der Waals surface area contributed by atoms with Gasteiger partial charge in [-0.2, -0.15) is 0 Å². The van der Waals surface area contributed by atoms with Crippen molar-refractivity contribution in [2.75, 3.05) is 27.4 Å². The number of rotatable bonds is 7. The Hall–Kier alpha value is -1.92. The van der Waals surface area contributed by atoms with Gasteiger partial charge in [-0.3, -0.25) is 0 Å². The second kappa shape index (κ2) is 15.0. The molecule has 23 heavy (non-hydrogen) atoms. The van der Waals surface area contributed by atoms with Crippen molar-refractivity contribution in [3.05, 3.63) is 35.4 Å². The third-order valence-corrected chi connectivity index (χ3v) is 2.80. The highest BCUT2D eigenvalue weighted by molar-refractivity contribution is 6.02. The lowest BCUT2D eigenvalue weighted by molar-refractivity contribution is 0.0555. The first-order chi connectivity index (χ1) is 10.6. The molecule has 6 heteroatoms. The standard InChI is InChI=1S/C10H10O4.C6H14O2.CH4/c1-13-9(11)7-5-3-4-6-8(7)10(12)14-2;7-5-3-1-2-4-6-8;/h3-6H,1-2H3;7-8H,1-6H2;1H4. The molecule has 0 aromatic heterocycles. The third-order valence-electron chi connectivity index (χ3n) is 2.80. The number of hydrogen-bond acceptors (Lipinski definition) is 6. The highest BCUT2D eigenvalue weighted by Gasteiger charge is 2.16. The fourth-order valence-corrected chi connectivity index (χ4v) is 1.64. The van der Waals surface area contributed by atoms with Crippen molar-refractivity contribution in [3.63, 3.8) is 0 Å². The first-order valence-electron chi connectivity index (χ1n) is 7.09. The average molecular weight is 328 g/mol. The van der Waals surface area contributed by atoms with E-state index in [0.29, 0.717) is 0 Å². The molecule has 0 fully saturated rings. The van der Waals surface area contributed by atoms with Gasteiger partial charge in [-0.25, -0.2) is 9.59 Å². The number of unbranched alkanes of at least 4 members (excludes halogenated alkanes) is 3. The van der Waals surface area contributed by atoms with Crippen LogP contribution in [0.3, 0.4) is 0 Å². The van der Waals surface area contributed by atoms with E-state index in [1.807, 2.05) is 0 Å². The van der Waals surface area contributed by atoms with E-state index in [1.165, 1.54) is 26.4 Å². The molecule has 0 saturated carbocycles. The van der Waals surface area contributed by atoms with Crippen LogP contribution in [0.5, 0.6) is 0 Å². The van der Waals surface area contributed by atoms with Crippen LogP contribution in [0.2, 0.25) is 0 Å². The molecule has 1 aromatic carbocycles. The van der Waals surface area contributed by atoms with Gasteiger partial charge in [-0.15, -0.1) is 0 Å².